The Morgan fingerprint density at radius 2 is 2.00 bits per heavy atom. The predicted octanol–water partition coefficient (Wildman–Crippen LogP) is 2.22. The van der Waals surface area contributed by atoms with Crippen molar-refractivity contribution in [2.75, 3.05) is 44.2 Å². The van der Waals surface area contributed by atoms with Crippen molar-refractivity contribution in [1.29, 1.82) is 0 Å². The molecule has 0 unspecified atom stereocenters. The van der Waals surface area contributed by atoms with Crippen LogP contribution in [-0.2, 0) is 4.79 Å². The molecule has 0 aromatic carbocycles. The highest BCUT2D eigenvalue weighted by Crippen LogP contribution is 2.12. The number of carbonyl (C=O) groups is 1. The first kappa shape index (κ1) is 23.5. The van der Waals surface area contributed by atoms with Gasteiger partial charge in [0.25, 0.3) is 0 Å². The SMILES string of the molecule is CCCCCCN=C(N)NCCC(=O)N1CCN(c2ccccn2)CC1.I. The van der Waals surface area contributed by atoms with Crippen molar-refractivity contribution < 1.29 is 4.79 Å². The fourth-order valence-corrected chi connectivity index (χ4v) is 2.98. The molecule has 0 radical (unpaired) electrons. The standard InChI is InChI=1S/C19H32N6O.HI/c1-2-3-4-6-11-22-19(20)23-12-9-18(26)25-15-13-24(14-16-25)17-8-5-7-10-21-17;/h5,7-8,10H,2-4,6,9,11-16H2,1H3,(H3,20,22,23);1H. The number of hydrogen-bond acceptors (Lipinski definition) is 4. The molecule has 1 saturated heterocycles. The van der Waals surface area contributed by atoms with Gasteiger partial charge in [0.05, 0.1) is 0 Å². The molecule has 27 heavy (non-hydrogen) atoms. The fraction of sp³-hybridized carbons (Fsp3) is 0.632. The van der Waals surface area contributed by atoms with Crippen LogP contribution < -0.4 is 16.0 Å². The minimum absolute atomic E-state index is 0. The molecule has 1 aromatic rings. The number of nitrogens with two attached hydrogens (primary N) is 1. The molecule has 2 rings (SSSR count). The van der Waals surface area contributed by atoms with Gasteiger partial charge in [-0.15, -0.1) is 24.0 Å². The van der Waals surface area contributed by atoms with Crippen LogP contribution in [0.5, 0.6) is 0 Å². The van der Waals surface area contributed by atoms with Crippen molar-refractivity contribution in [3.8, 4) is 0 Å². The van der Waals surface area contributed by atoms with Crippen LogP contribution in [0.15, 0.2) is 29.4 Å². The van der Waals surface area contributed by atoms with Crippen molar-refractivity contribution in [3.05, 3.63) is 24.4 Å². The molecule has 3 N–H and O–H groups in total. The maximum atomic E-state index is 12.3. The van der Waals surface area contributed by atoms with Gasteiger partial charge in [0, 0.05) is 51.9 Å². The Labute approximate surface area is 179 Å². The van der Waals surface area contributed by atoms with Crippen LogP contribution in [0.25, 0.3) is 0 Å². The van der Waals surface area contributed by atoms with Crippen LogP contribution in [0.4, 0.5) is 5.82 Å². The number of nitrogens with zero attached hydrogens (tertiary/aromatic N) is 4. The maximum Gasteiger partial charge on any atom is 0.224 e. The second kappa shape index (κ2) is 13.6. The molecular formula is C19H33IN6O. The number of aromatic nitrogens is 1. The Balaban J connectivity index is 0.00000364. The molecule has 7 nitrogen and oxygen atoms in total. The van der Waals surface area contributed by atoms with E-state index in [0.717, 1.165) is 45.0 Å². The summed E-state index contributed by atoms with van der Waals surface area (Å²) in [6.07, 6.45) is 6.95. The number of piperazine rings is 1. The lowest BCUT2D eigenvalue weighted by atomic mass is 10.2. The number of aliphatic imine (C=N–C) groups is 1. The Morgan fingerprint density at radius 3 is 2.67 bits per heavy atom. The summed E-state index contributed by atoms with van der Waals surface area (Å²) in [4.78, 5) is 25.1. The second-order valence-corrected chi connectivity index (χ2v) is 6.56. The van der Waals surface area contributed by atoms with Crippen molar-refractivity contribution in [1.82, 2.24) is 15.2 Å². The number of carbonyl (C=O) groups excluding carboxylic acids is 1. The zero-order valence-corrected chi connectivity index (χ0v) is 18.6. The van der Waals surface area contributed by atoms with Gasteiger partial charge in [0.2, 0.25) is 5.91 Å². The maximum absolute atomic E-state index is 12.3. The number of amides is 1. The van der Waals surface area contributed by atoms with E-state index in [1.807, 2.05) is 23.1 Å². The third kappa shape index (κ3) is 8.77. The van der Waals surface area contributed by atoms with Crippen LogP contribution in [0.3, 0.4) is 0 Å². The van der Waals surface area contributed by atoms with Crippen molar-refractivity contribution in [2.24, 2.45) is 10.7 Å². The van der Waals surface area contributed by atoms with Gasteiger partial charge in [-0.3, -0.25) is 9.79 Å². The summed E-state index contributed by atoms with van der Waals surface area (Å²) in [7, 11) is 0. The average Bonchev–Trinajstić information content (AvgIpc) is 2.68. The van der Waals surface area contributed by atoms with E-state index < -0.39 is 0 Å². The lowest BCUT2D eigenvalue weighted by Crippen LogP contribution is -2.49. The summed E-state index contributed by atoms with van der Waals surface area (Å²) in [6, 6.07) is 5.91. The summed E-state index contributed by atoms with van der Waals surface area (Å²) < 4.78 is 0. The molecule has 0 atom stereocenters. The van der Waals surface area contributed by atoms with E-state index in [4.69, 9.17) is 5.73 Å². The molecule has 1 amide bonds. The van der Waals surface area contributed by atoms with Gasteiger partial charge in [-0.2, -0.15) is 0 Å². The summed E-state index contributed by atoms with van der Waals surface area (Å²) in [5, 5.41) is 3.04. The lowest BCUT2D eigenvalue weighted by Gasteiger charge is -2.35. The van der Waals surface area contributed by atoms with E-state index in [0.29, 0.717) is 18.9 Å². The van der Waals surface area contributed by atoms with Gasteiger partial charge in [-0.05, 0) is 18.6 Å². The predicted molar refractivity (Wildman–Crippen MR) is 122 cm³/mol. The highest BCUT2D eigenvalue weighted by atomic mass is 127. The number of unbranched alkanes of at least 4 members (excludes halogenated alkanes) is 3. The highest BCUT2D eigenvalue weighted by molar-refractivity contribution is 14.0. The number of guanidine groups is 1. The molecule has 1 aliphatic heterocycles. The Bertz CT molecular complexity index is 561. The van der Waals surface area contributed by atoms with Crippen LogP contribution >= 0.6 is 24.0 Å². The molecule has 2 heterocycles. The Morgan fingerprint density at radius 1 is 1.22 bits per heavy atom. The number of hydrogen-bond donors (Lipinski definition) is 2. The van der Waals surface area contributed by atoms with E-state index >= 15 is 0 Å². The van der Waals surface area contributed by atoms with Gasteiger partial charge >= 0.3 is 0 Å². The van der Waals surface area contributed by atoms with Crippen molar-refractivity contribution in [3.63, 3.8) is 0 Å². The minimum atomic E-state index is 0. The number of anilines is 1. The number of pyridine rings is 1. The summed E-state index contributed by atoms with van der Waals surface area (Å²) in [6.45, 7) is 6.57. The fourth-order valence-electron chi connectivity index (χ4n) is 2.98. The quantitative estimate of drug-likeness (QED) is 0.241. The zero-order chi connectivity index (χ0) is 18.6. The molecule has 1 aliphatic rings. The average molecular weight is 488 g/mol. The first-order chi connectivity index (χ1) is 12.7. The van der Waals surface area contributed by atoms with E-state index in [2.05, 4.69) is 27.1 Å². The molecule has 0 saturated carbocycles. The van der Waals surface area contributed by atoms with Crippen molar-refractivity contribution >= 4 is 41.7 Å². The highest BCUT2D eigenvalue weighted by Gasteiger charge is 2.21. The minimum Gasteiger partial charge on any atom is -0.370 e. The first-order valence-corrected chi connectivity index (χ1v) is 9.68. The summed E-state index contributed by atoms with van der Waals surface area (Å²) in [5.41, 5.74) is 5.84. The zero-order valence-electron chi connectivity index (χ0n) is 16.3. The van der Waals surface area contributed by atoms with Gasteiger partial charge < -0.3 is 20.9 Å². The van der Waals surface area contributed by atoms with Crippen LogP contribution in [0.2, 0.25) is 0 Å². The number of nitrogens with one attached hydrogen (secondary N) is 1. The summed E-state index contributed by atoms with van der Waals surface area (Å²) in [5.74, 6) is 1.58. The van der Waals surface area contributed by atoms with Gasteiger partial charge in [0.1, 0.15) is 5.82 Å². The smallest absolute Gasteiger partial charge is 0.224 e. The second-order valence-electron chi connectivity index (χ2n) is 6.56. The van der Waals surface area contributed by atoms with Crippen LogP contribution in [0, 0.1) is 0 Å². The first-order valence-electron chi connectivity index (χ1n) is 9.68. The Hall–Kier alpha value is -1.58. The molecule has 0 bridgehead atoms. The van der Waals surface area contributed by atoms with Gasteiger partial charge in [-0.1, -0.05) is 32.3 Å². The number of halogens is 1. The van der Waals surface area contributed by atoms with E-state index in [1.165, 1.54) is 19.3 Å². The molecule has 0 spiro atoms. The molecule has 1 aromatic heterocycles. The van der Waals surface area contributed by atoms with E-state index in [-0.39, 0.29) is 29.9 Å². The van der Waals surface area contributed by atoms with E-state index in [9.17, 15) is 4.79 Å². The van der Waals surface area contributed by atoms with Crippen LogP contribution in [0.1, 0.15) is 39.0 Å². The normalized spacial score (nSPS) is 14.6. The van der Waals surface area contributed by atoms with Crippen LogP contribution in [-0.4, -0.2) is 61.0 Å². The largest absolute Gasteiger partial charge is 0.370 e. The lowest BCUT2D eigenvalue weighted by molar-refractivity contribution is -0.131. The monoisotopic (exact) mass is 488 g/mol. The third-order valence-electron chi connectivity index (χ3n) is 4.54. The van der Waals surface area contributed by atoms with Crippen molar-refractivity contribution in [2.45, 2.75) is 39.0 Å². The third-order valence-corrected chi connectivity index (χ3v) is 4.54. The van der Waals surface area contributed by atoms with Gasteiger partial charge in [0.15, 0.2) is 5.96 Å². The summed E-state index contributed by atoms with van der Waals surface area (Å²) >= 11 is 0. The number of rotatable bonds is 9. The van der Waals surface area contributed by atoms with Gasteiger partial charge in [-0.25, -0.2) is 4.98 Å². The molecule has 0 aliphatic carbocycles. The topological polar surface area (TPSA) is 86.8 Å². The van der Waals surface area contributed by atoms with E-state index in [1.54, 1.807) is 6.20 Å². The molecule has 1 fully saturated rings. The molecular weight excluding hydrogens is 455 g/mol. The molecule has 152 valence electrons. The molecule has 8 heteroatoms. The Kier molecular flexibility index (Phi) is 11.8.